The lowest BCUT2D eigenvalue weighted by Crippen LogP contribution is -2.62. The van der Waals surface area contributed by atoms with Crippen LogP contribution in [-0.2, 0) is 86.4 Å². The zero-order valence-corrected chi connectivity index (χ0v) is 69.7. The van der Waals surface area contributed by atoms with E-state index in [-0.39, 0.29) is 135 Å². The maximum Gasteiger partial charge on any atom is 0.308 e. The maximum absolute atomic E-state index is 14.8. The lowest BCUT2D eigenvalue weighted by atomic mass is 9.45. The zero-order valence-electron chi connectivity index (χ0n) is 69.7. The Balaban J connectivity index is 0.000000494. The van der Waals surface area contributed by atoms with E-state index in [1.165, 1.54) is 54.2 Å². The van der Waals surface area contributed by atoms with Gasteiger partial charge < -0.3 is 104 Å². The van der Waals surface area contributed by atoms with Gasteiger partial charge in [0.2, 0.25) is 59.1 Å². The number of aliphatic hydroxyl groups is 4. The second-order valence-corrected chi connectivity index (χ2v) is 33.5. The third-order valence-electron chi connectivity index (χ3n) is 23.9. The number of carboxylic acids is 1. The number of H-pyrrole nitrogens is 2. The molecule has 5 fully saturated rings. The number of guanidine groups is 1. The number of allylic oxidation sites excluding steroid dienone is 1. The molecule has 2 aliphatic heterocycles. The smallest absolute Gasteiger partial charge is 0.308 e. The number of carboxylic acid groups (broad SMARTS) is 1. The second kappa shape index (κ2) is 42.8. The number of carbonyl (C=O) groups excluding carboxylic acids is 13. The van der Waals surface area contributed by atoms with Gasteiger partial charge in [-0.1, -0.05) is 77.4 Å². The van der Waals surface area contributed by atoms with Crippen molar-refractivity contribution in [3.8, 4) is 5.75 Å². The predicted molar refractivity (Wildman–Crippen MR) is 437 cm³/mol. The number of nitrogens with zero attached hydrogens (tertiary/aromatic N) is 2. The number of rotatable bonds is 35. The van der Waals surface area contributed by atoms with E-state index in [9.17, 15) is 82.8 Å². The van der Waals surface area contributed by atoms with Gasteiger partial charge in [-0.25, -0.2) is 4.98 Å². The van der Waals surface area contributed by atoms with E-state index in [4.69, 9.17) is 25.8 Å². The summed E-state index contributed by atoms with van der Waals surface area (Å²) < 4.78 is 5.20. The number of carbonyl (C=O) groups is 14. The number of aromatic amines is 2. The molecule has 3 saturated carbocycles. The molecule has 36 nitrogen and oxygen atoms in total. The van der Waals surface area contributed by atoms with Crippen molar-refractivity contribution in [1.29, 1.82) is 5.41 Å². The molecule has 120 heavy (non-hydrogen) atoms. The summed E-state index contributed by atoms with van der Waals surface area (Å²) in [4.78, 5) is 197. The Labute approximate surface area is 696 Å². The molecule has 0 radical (unpaired) electrons. The minimum absolute atomic E-state index is 0.0220. The zero-order chi connectivity index (χ0) is 88.1. The molecule has 10 amide bonds. The van der Waals surface area contributed by atoms with Gasteiger partial charge in [-0.3, -0.25) is 72.5 Å². The average Bonchev–Trinajstić information content (AvgIpc) is 1.56. The number of para-hydroxylation sites is 1. The number of fused-ring (bicyclic) bond motifs is 6. The molecule has 4 heterocycles. The monoisotopic (exact) mass is 1670 g/mol. The summed E-state index contributed by atoms with van der Waals surface area (Å²) in [6.07, 6.45) is 11.4. The fourth-order valence-electron chi connectivity index (χ4n) is 18.0. The van der Waals surface area contributed by atoms with Crippen molar-refractivity contribution in [3.63, 3.8) is 0 Å². The molecular formula is C84H120N16O20. The van der Waals surface area contributed by atoms with Crippen molar-refractivity contribution in [1.82, 2.24) is 73.0 Å². The quantitative estimate of drug-likeness (QED) is 0.00998. The fourth-order valence-corrected chi connectivity index (χ4v) is 18.0. The van der Waals surface area contributed by atoms with E-state index in [2.05, 4.69) is 75.0 Å². The van der Waals surface area contributed by atoms with E-state index in [1.807, 2.05) is 26.8 Å². The van der Waals surface area contributed by atoms with E-state index in [0.29, 0.717) is 66.4 Å². The van der Waals surface area contributed by atoms with Crippen LogP contribution in [-0.4, -0.2) is 233 Å². The Kier molecular flexibility index (Phi) is 33.7. The van der Waals surface area contributed by atoms with E-state index in [1.54, 1.807) is 51.2 Å². The molecule has 4 aliphatic carbocycles. The van der Waals surface area contributed by atoms with Crippen molar-refractivity contribution in [3.05, 3.63) is 95.7 Å². The van der Waals surface area contributed by atoms with Gasteiger partial charge in [0.05, 0.1) is 19.0 Å². The molecule has 16 atom stereocenters. The van der Waals surface area contributed by atoms with Gasteiger partial charge in [-0.05, 0) is 161 Å². The van der Waals surface area contributed by atoms with Gasteiger partial charge in [0.1, 0.15) is 72.3 Å². The predicted octanol–water partition coefficient (Wildman–Crippen LogP) is 0.864. The molecule has 0 bridgehead atoms. The Hall–Kier alpha value is -11.0. The molecule has 656 valence electrons. The Morgan fingerprint density at radius 2 is 1.29 bits per heavy atom. The first kappa shape index (κ1) is 94.5. The second-order valence-electron chi connectivity index (χ2n) is 33.5. The largest absolute Gasteiger partial charge is 0.481 e. The highest BCUT2D eigenvalue weighted by Gasteiger charge is 2.68. The molecule has 4 aromatic rings. The van der Waals surface area contributed by atoms with Gasteiger partial charge in [-0.15, -0.1) is 0 Å². The third kappa shape index (κ3) is 24.4. The summed E-state index contributed by atoms with van der Waals surface area (Å²) in [5, 5.41) is 85.2. The molecule has 36 heteroatoms. The topological polar surface area (TPSA) is 567 Å². The number of aliphatic hydroxyl groups excluding tert-OH is 3. The summed E-state index contributed by atoms with van der Waals surface area (Å²) in [5.74, 6) is -8.84. The number of amides is 10. The number of hydrogen-bond donors (Lipinski definition) is 19. The Morgan fingerprint density at radius 3 is 1.87 bits per heavy atom. The first-order chi connectivity index (χ1) is 56.8. The van der Waals surface area contributed by atoms with Gasteiger partial charge in [0.25, 0.3) is 5.97 Å². The van der Waals surface area contributed by atoms with Gasteiger partial charge >= 0.3 is 5.97 Å². The van der Waals surface area contributed by atoms with Crippen LogP contribution in [0.15, 0.2) is 78.9 Å². The first-order valence-electron chi connectivity index (χ1n) is 41.3. The molecule has 2 saturated heterocycles. The third-order valence-corrected chi connectivity index (χ3v) is 23.9. The number of esters is 1. The first-order valence-corrected chi connectivity index (χ1v) is 41.3. The van der Waals surface area contributed by atoms with Crippen molar-refractivity contribution in [2.75, 3.05) is 32.8 Å². The van der Waals surface area contributed by atoms with Gasteiger partial charge in [0, 0.05) is 100.0 Å². The van der Waals surface area contributed by atoms with Crippen LogP contribution in [0.5, 0.6) is 5.75 Å². The number of Topliss-reactive ketones (excluding diaryl/α,β-unsaturated/α-hetero) is 1. The number of aliphatic carboxylic acids is 1. The van der Waals surface area contributed by atoms with Crippen LogP contribution in [0.2, 0.25) is 0 Å². The van der Waals surface area contributed by atoms with Crippen LogP contribution in [0.1, 0.15) is 175 Å². The van der Waals surface area contributed by atoms with Crippen LogP contribution in [0, 0.1) is 45.8 Å². The molecule has 2 aromatic carbocycles. The molecule has 6 aliphatic rings. The molecular weight excluding hydrogens is 1550 g/mol. The lowest BCUT2D eigenvalue weighted by Gasteiger charge is -2.60. The maximum atomic E-state index is 14.8. The van der Waals surface area contributed by atoms with Crippen LogP contribution in [0.25, 0.3) is 10.9 Å². The number of nitrogens with one attached hydrogen (secondary N) is 13. The van der Waals surface area contributed by atoms with Crippen LogP contribution in [0.4, 0.5) is 0 Å². The number of nitrogens with two attached hydrogens (primary N) is 1. The minimum Gasteiger partial charge on any atom is -0.481 e. The number of likely N-dealkylation sites (tertiary alicyclic amines) is 1. The molecule has 0 unspecified atom stereocenters. The number of ketones is 2. The van der Waals surface area contributed by atoms with Crippen LogP contribution >= 0.6 is 0 Å². The van der Waals surface area contributed by atoms with E-state index < -0.39 is 150 Å². The highest BCUT2D eigenvalue weighted by molar-refractivity contribution is 6.00. The van der Waals surface area contributed by atoms with Gasteiger partial charge in [0.15, 0.2) is 17.5 Å². The summed E-state index contributed by atoms with van der Waals surface area (Å²) in [6.45, 7) is 14.6. The van der Waals surface area contributed by atoms with Crippen LogP contribution in [0.3, 0.4) is 0 Å². The fraction of sp³-hybridized carbons (Fsp3) is 0.595. The molecule has 0 spiro atoms. The van der Waals surface area contributed by atoms with E-state index >= 15 is 0 Å². The SMILES string of the molecule is CC(=O)O.CCNC(=O)[C@@H]1CCCN1C(=O)[C@H](CCCNC(=N)N)NC(=O)[C@H](CC(C)C)NC(=O)[C@@H](CC(C)C)NC(=O)[C@H](Cc1ccc(OC(C)=O)cc1)NC(=O)[C@H](CO)NC(=O)[C@H](Cc1c[nH]c2ccccc12)NC(=O)[C@H](Cc1cnc[nH]1)NC(=O)[C@@H]1CCC(=O)N1.C[C@]12CCC(=O)C=C1CC[C@@H]1[C@@H]2[C@@H](O)C[C@@]2(C)[C@H]1CC[C@]2(O)C(=O)CO. The number of benzene rings is 2. The number of hydrogen-bond acceptors (Lipinski definition) is 21. The standard InChI is InChI=1S/C61H86N16O13.C21H30O5.C2H4O2/c1-7-65-59(88)50-15-11-23-77(50)60(89)43(14-10-22-66-61(62)63)70-53(82)44(24-33(2)3)71-54(83)45(25-34(4)5)72-55(84)46(26-36-16-18-39(19-17-36)90-35(6)79)73-58(87)49(31-78)76-56(85)47(27-37-29-67-41-13-9-8-12-40(37)41)74-57(86)48(28-38-30-64-32-68-38)75-52(81)42-20-21-51(80)69-42;1-19-7-5-13(23)9-12(19)3-4-14-15-6-8-21(26,17(25)11-22)20(15,2)10-16(24)18(14)19;1-2(3)4/h8-9,12-13,16-19,29-30,32-34,42-50,67,78H,7,10-11,14-15,20-28,31H2,1-6H3,(H,64,68)(H,65,88)(H,69,80)(H,70,82)(H,71,83)(H,72,84)(H,73,87)(H,74,86)(H,75,81)(H,76,85)(H4,62,63,66);9,14-16,18,22,24,26H,3-8,10-11H2,1-2H3;1H3,(H,3,4)/t42-,43-,44-,45+,46-,47-,48-,49-,50-;14-,15-,16-,18+,19-,20-,21-;/m00./s1. The summed E-state index contributed by atoms with van der Waals surface area (Å²) >= 11 is 0. The highest BCUT2D eigenvalue weighted by Crippen LogP contribution is 2.67. The summed E-state index contributed by atoms with van der Waals surface area (Å²) in [6, 6.07) is 1.66. The van der Waals surface area contributed by atoms with Gasteiger partial charge in [-0.2, -0.15) is 0 Å². The number of likely N-dealkylation sites (N-methyl/N-ethyl adjacent to an activating group) is 1. The summed E-state index contributed by atoms with van der Waals surface area (Å²) in [5.41, 5.74) is 6.43. The van der Waals surface area contributed by atoms with Crippen LogP contribution < -0.4 is 63.6 Å². The number of aromatic nitrogens is 3. The van der Waals surface area contributed by atoms with E-state index in [0.717, 1.165) is 32.6 Å². The normalized spacial score (nSPS) is 23.8. The number of imidazole rings is 1. The van der Waals surface area contributed by atoms with Crippen molar-refractivity contribution in [2.45, 2.75) is 244 Å². The summed E-state index contributed by atoms with van der Waals surface area (Å²) in [7, 11) is 0. The Morgan fingerprint density at radius 1 is 0.700 bits per heavy atom. The minimum atomic E-state index is -1.77. The Bertz CT molecular complexity index is 4370. The lowest BCUT2D eigenvalue weighted by molar-refractivity contribution is -0.182. The van der Waals surface area contributed by atoms with Crippen molar-refractivity contribution >= 4 is 99.4 Å². The molecule has 2 aromatic heterocycles. The molecule has 20 N–H and O–H groups in total. The van der Waals surface area contributed by atoms with Crippen molar-refractivity contribution in [2.24, 2.45) is 46.2 Å². The average molecular weight is 1670 g/mol. The highest BCUT2D eigenvalue weighted by atomic mass is 16.5. The van der Waals surface area contributed by atoms with Crippen molar-refractivity contribution < 1.29 is 97.4 Å². The molecule has 10 rings (SSSR count). The number of ether oxygens (including phenoxy) is 1.